The van der Waals surface area contributed by atoms with Crippen molar-refractivity contribution in [2.45, 2.75) is 63.8 Å². The number of aromatic amines is 1. The molecule has 21 heavy (non-hydrogen) atoms. The van der Waals surface area contributed by atoms with Crippen LogP contribution in [0, 0.1) is 16.6 Å². The lowest BCUT2D eigenvalue weighted by Gasteiger charge is -2.29. The van der Waals surface area contributed by atoms with Crippen molar-refractivity contribution in [3.63, 3.8) is 0 Å². The van der Waals surface area contributed by atoms with Gasteiger partial charge < -0.3 is 4.90 Å². The van der Waals surface area contributed by atoms with E-state index >= 15 is 0 Å². The first-order chi connectivity index (χ1) is 10.3. The number of H-pyrrole nitrogens is 1. The number of nitrogens with one attached hydrogen (secondary N) is 1. The number of nitrogens with zero attached hydrogens (tertiary/aromatic N) is 3. The maximum atomic E-state index is 5.55. The Morgan fingerprint density at radius 3 is 2.19 bits per heavy atom. The summed E-state index contributed by atoms with van der Waals surface area (Å²) in [6.07, 6.45) is 12.2. The fourth-order valence-corrected chi connectivity index (χ4v) is 3.93. The Bertz CT molecular complexity index is 521. The SMILES string of the molecule is S=c1[nH]nc(N(CC2CC2)CC2CC2)n1C1CCCCC1. The molecule has 3 fully saturated rings. The molecule has 4 nitrogen and oxygen atoms in total. The van der Waals surface area contributed by atoms with Crippen molar-refractivity contribution in [2.24, 2.45) is 11.8 Å². The van der Waals surface area contributed by atoms with Crippen molar-refractivity contribution in [3.8, 4) is 0 Å². The Morgan fingerprint density at radius 2 is 1.62 bits per heavy atom. The first kappa shape index (κ1) is 13.8. The van der Waals surface area contributed by atoms with E-state index in [-0.39, 0.29) is 0 Å². The quantitative estimate of drug-likeness (QED) is 0.805. The van der Waals surface area contributed by atoms with Crippen LogP contribution in [0.2, 0.25) is 0 Å². The second-order valence-corrected chi connectivity index (χ2v) is 7.67. The molecule has 0 saturated heterocycles. The standard InChI is InChI=1S/C16H26N4S/c21-16-18-17-15(20(16)14-4-2-1-3-5-14)19(10-12-6-7-12)11-13-8-9-13/h12-14H,1-11H2,(H,18,21). The minimum atomic E-state index is 0.570. The summed E-state index contributed by atoms with van der Waals surface area (Å²) in [7, 11) is 0. The smallest absolute Gasteiger partial charge is 0.225 e. The van der Waals surface area contributed by atoms with Crippen LogP contribution in [-0.4, -0.2) is 27.9 Å². The molecule has 0 radical (unpaired) electrons. The van der Waals surface area contributed by atoms with Gasteiger partial charge in [0.05, 0.1) is 0 Å². The Morgan fingerprint density at radius 1 is 1.00 bits per heavy atom. The van der Waals surface area contributed by atoms with Crippen molar-refractivity contribution < 1.29 is 0 Å². The summed E-state index contributed by atoms with van der Waals surface area (Å²) < 4.78 is 3.17. The van der Waals surface area contributed by atoms with E-state index in [0.29, 0.717) is 6.04 Å². The highest BCUT2D eigenvalue weighted by atomic mass is 32.1. The van der Waals surface area contributed by atoms with Crippen LogP contribution < -0.4 is 4.90 Å². The van der Waals surface area contributed by atoms with E-state index < -0.39 is 0 Å². The number of hydrogen-bond acceptors (Lipinski definition) is 3. The Labute approximate surface area is 131 Å². The molecule has 3 aliphatic carbocycles. The molecule has 4 rings (SSSR count). The fourth-order valence-electron chi connectivity index (χ4n) is 3.65. The van der Waals surface area contributed by atoms with E-state index in [1.165, 1.54) is 70.9 Å². The summed E-state index contributed by atoms with van der Waals surface area (Å²) in [6, 6.07) is 0.570. The Hall–Kier alpha value is -0.840. The van der Waals surface area contributed by atoms with E-state index in [4.69, 9.17) is 12.2 Å². The van der Waals surface area contributed by atoms with Crippen molar-refractivity contribution in [1.29, 1.82) is 0 Å². The third-order valence-corrected chi connectivity index (χ3v) is 5.55. The van der Waals surface area contributed by atoms with Crippen LogP contribution in [0.3, 0.4) is 0 Å². The molecule has 0 amide bonds. The molecule has 5 heteroatoms. The van der Waals surface area contributed by atoms with Crippen molar-refractivity contribution in [2.75, 3.05) is 18.0 Å². The van der Waals surface area contributed by atoms with Gasteiger partial charge in [-0.15, -0.1) is 5.10 Å². The lowest BCUT2D eigenvalue weighted by Crippen LogP contribution is -2.32. The highest BCUT2D eigenvalue weighted by Crippen LogP contribution is 2.37. The Balaban J connectivity index is 1.59. The van der Waals surface area contributed by atoms with Gasteiger partial charge in [0.15, 0.2) is 4.77 Å². The number of rotatable bonds is 6. The molecule has 1 heterocycles. The van der Waals surface area contributed by atoms with Crippen molar-refractivity contribution in [3.05, 3.63) is 4.77 Å². The maximum Gasteiger partial charge on any atom is 0.225 e. The minimum Gasteiger partial charge on any atom is -0.340 e. The fraction of sp³-hybridized carbons (Fsp3) is 0.875. The van der Waals surface area contributed by atoms with Gasteiger partial charge in [-0.1, -0.05) is 19.3 Å². The molecule has 0 aliphatic heterocycles. The van der Waals surface area contributed by atoms with E-state index in [1.54, 1.807) is 0 Å². The average Bonchev–Trinajstić information content (AvgIpc) is 3.42. The topological polar surface area (TPSA) is 36.9 Å². The second-order valence-electron chi connectivity index (χ2n) is 7.28. The van der Waals surface area contributed by atoms with Gasteiger partial charge in [-0.2, -0.15) is 0 Å². The summed E-state index contributed by atoms with van der Waals surface area (Å²) in [6.45, 7) is 2.37. The van der Waals surface area contributed by atoms with Crippen LogP contribution in [-0.2, 0) is 0 Å². The zero-order chi connectivity index (χ0) is 14.2. The third kappa shape index (κ3) is 3.17. The molecule has 0 spiro atoms. The van der Waals surface area contributed by atoms with Crippen LogP contribution in [0.4, 0.5) is 5.95 Å². The van der Waals surface area contributed by atoms with Gasteiger partial charge in [0.25, 0.3) is 0 Å². The van der Waals surface area contributed by atoms with Gasteiger partial charge in [-0.25, -0.2) is 5.10 Å². The molecular formula is C16H26N4S. The van der Waals surface area contributed by atoms with E-state index in [2.05, 4.69) is 19.7 Å². The van der Waals surface area contributed by atoms with E-state index in [0.717, 1.165) is 22.6 Å². The largest absolute Gasteiger partial charge is 0.340 e. The maximum absolute atomic E-state index is 5.55. The summed E-state index contributed by atoms with van der Waals surface area (Å²) in [4.78, 5) is 2.54. The molecule has 3 saturated carbocycles. The summed E-state index contributed by atoms with van der Waals surface area (Å²) in [5.74, 6) is 2.92. The summed E-state index contributed by atoms with van der Waals surface area (Å²) in [5.41, 5.74) is 0. The van der Waals surface area contributed by atoms with Crippen LogP contribution in [0.25, 0.3) is 0 Å². The highest BCUT2D eigenvalue weighted by molar-refractivity contribution is 7.71. The van der Waals surface area contributed by atoms with Gasteiger partial charge in [-0.3, -0.25) is 4.57 Å². The van der Waals surface area contributed by atoms with Gasteiger partial charge in [0.2, 0.25) is 5.95 Å². The molecule has 1 aromatic rings. The van der Waals surface area contributed by atoms with Crippen molar-refractivity contribution in [1.82, 2.24) is 14.8 Å². The zero-order valence-corrected chi connectivity index (χ0v) is 13.6. The summed E-state index contributed by atoms with van der Waals surface area (Å²) in [5, 5.41) is 7.70. The van der Waals surface area contributed by atoms with Crippen molar-refractivity contribution >= 4 is 18.2 Å². The second kappa shape index (κ2) is 5.75. The third-order valence-electron chi connectivity index (χ3n) is 5.26. The number of aromatic nitrogens is 3. The molecular weight excluding hydrogens is 280 g/mol. The van der Waals surface area contributed by atoms with Gasteiger partial charge >= 0.3 is 0 Å². The van der Waals surface area contributed by atoms with Gasteiger partial charge in [-0.05, 0) is 62.6 Å². The molecule has 3 aliphatic rings. The molecule has 0 bridgehead atoms. The highest BCUT2D eigenvalue weighted by Gasteiger charge is 2.32. The molecule has 0 unspecified atom stereocenters. The normalized spacial score (nSPS) is 23.4. The number of anilines is 1. The monoisotopic (exact) mass is 306 g/mol. The van der Waals surface area contributed by atoms with Crippen LogP contribution in [0.1, 0.15) is 63.8 Å². The van der Waals surface area contributed by atoms with Crippen LogP contribution in [0.5, 0.6) is 0 Å². The number of hydrogen-bond donors (Lipinski definition) is 1. The first-order valence-corrected chi connectivity index (χ1v) is 9.14. The van der Waals surface area contributed by atoms with Crippen LogP contribution >= 0.6 is 12.2 Å². The predicted octanol–water partition coefficient (Wildman–Crippen LogP) is 4.07. The molecule has 0 aromatic carbocycles. The molecule has 116 valence electrons. The van der Waals surface area contributed by atoms with E-state index in [9.17, 15) is 0 Å². The minimum absolute atomic E-state index is 0.570. The first-order valence-electron chi connectivity index (χ1n) is 8.73. The average molecular weight is 306 g/mol. The van der Waals surface area contributed by atoms with Gasteiger partial charge in [0.1, 0.15) is 0 Å². The molecule has 0 atom stereocenters. The van der Waals surface area contributed by atoms with Crippen LogP contribution in [0.15, 0.2) is 0 Å². The van der Waals surface area contributed by atoms with Gasteiger partial charge in [0, 0.05) is 19.1 Å². The zero-order valence-electron chi connectivity index (χ0n) is 12.8. The molecule has 1 aromatic heterocycles. The molecule has 1 N–H and O–H groups in total. The predicted molar refractivity (Wildman–Crippen MR) is 87.2 cm³/mol. The van der Waals surface area contributed by atoms with E-state index in [1.807, 2.05) is 0 Å². The summed E-state index contributed by atoms with van der Waals surface area (Å²) >= 11 is 5.55. The Kier molecular flexibility index (Phi) is 3.78. The lowest BCUT2D eigenvalue weighted by molar-refractivity contribution is 0.349. The lowest BCUT2D eigenvalue weighted by atomic mass is 9.95.